The van der Waals surface area contributed by atoms with Crippen LogP contribution in [0.5, 0.6) is 0 Å². The van der Waals surface area contributed by atoms with Crippen LogP contribution in [0.2, 0.25) is 0 Å². The number of rotatable bonds is 6. The Balaban J connectivity index is 2.26. The largest absolute Gasteiger partial charge is 0.316 e. The molecule has 0 amide bonds. The van der Waals surface area contributed by atoms with Crippen LogP contribution >= 0.6 is 11.3 Å². The smallest absolute Gasteiger partial charge is 0.119 e. The van der Waals surface area contributed by atoms with Crippen molar-refractivity contribution in [1.82, 2.24) is 15.5 Å². The second-order valence-corrected chi connectivity index (χ2v) is 5.63. The van der Waals surface area contributed by atoms with Crippen LogP contribution in [0.15, 0.2) is 0 Å². The first-order chi connectivity index (χ1) is 7.09. The minimum atomic E-state index is 0.500. The molecule has 1 aromatic rings. The van der Waals surface area contributed by atoms with Crippen LogP contribution in [0.25, 0.3) is 0 Å². The molecule has 0 bridgehead atoms. The van der Waals surface area contributed by atoms with E-state index >= 15 is 0 Å². The fourth-order valence-corrected chi connectivity index (χ4v) is 2.03. The quantitative estimate of drug-likeness (QED) is 0.759. The first-order valence-corrected chi connectivity index (χ1v) is 6.44. The van der Waals surface area contributed by atoms with Crippen LogP contribution in [-0.4, -0.2) is 23.3 Å². The molecule has 0 radical (unpaired) electrons. The van der Waals surface area contributed by atoms with Crippen LogP contribution in [0.4, 0.5) is 0 Å². The van der Waals surface area contributed by atoms with Gasteiger partial charge >= 0.3 is 0 Å². The molecule has 4 heteroatoms. The van der Waals surface area contributed by atoms with E-state index in [1.165, 1.54) is 0 Å². The molecule has 0 atom stereocenters. The van der Waals surface area contributed by atoms with E-state index in [0.29, 0.717) is 11.8 Å². The average Bonchev–Trinajstić information content (AvgIpc) is 2.60. The van der Waals surface area contributed by atoms with Crippen molar-refractivity contribution in [2.24, 2.45) is 5.92 Å². The lowest BCUT2D eigenvalue weighted by Crippen LogP contribution is -2.22. The minimum Gasteiger partial charge on any atom is -0.316 e. The zero-order valence-electron chi connectivity index (χ0n) is 10.1. The molecule has 0 saturated heterocycles. The van der Waals surface area contributed by atoms with E-state index in [1.54, 1.807) is 11.3 Å². The topological polar surface area (TPSA) is 37.8 Å². The second kappa shape index (κ2) is 6.18. The zero-order chi connectivity index (χ0) is 11.3. The van der Waals surface area contributed by atoms with Crippen molar-refractivity contribution in [1.29, 1.82) is 0 Å². The highest BCUT2D eigenvalue weighted by Gasteiger charge is 2.06. The summed E-state index contributed by atoms with van der Waals surface area (Å²) in [4.78, 5) is 0. The Morgan fingerprint density at radius 1 is 1.20 bits per heavy atom. The van der Waals surface area contributed by atoms with Gasteiger partial charge in [0.1, 0.15) is 10.0 Å². The maximum Gasteiger partial charge on any atom is 0.119 e. The highest BCUT2D eigenvalue weighted by Crippen LogP contribution is 2.18. The lowest BCUT2D eigenvalue weighted by molar-refractivity contribution is 0.553. The van der Waals surface area contributed by atoms with E-state index in [9.17, 15) is 0 Å². The van der Waals surface area contributed by atoms with Crippen molar-refractivity contribution >= 4 is 11.3 Å². The van der Waals surface area contributed by atoms with E-state index in [0.717, 1.165) is 29.5 Å². The Morgan fingerprint density at radius 3 is 2.47 bits per heavy atom. The summed E-state index contributed by atoms with van der Waals surface area (Å²) in [5, 5.41) is 14.1. The lowest BCUT2D eigenvalue weighted by Gasteiger charge is -2.05. The number of nitrogens with one attached hydrogen (secondary N) is 1. The molecule has 0 aliphatic carbocycles. The van der Waals surface area contributed by atoms with Crippen molar-refractivity contribution < 1.29 is 0 Å². The van der Waals surface area contributed by atoms with E-state index in [1.807, 2.05) is 0 Å². The Morgan fingerprint density at radius 2 is 1.93 bits per heavy atom. The molecule has 1 aromatic heterocycles. The van der Waals surface area contributed by atoms with Crippen LogP contribution in [-0.2, 0) is 6.42 Å². The highest BCUT2D eigenvalue weighted by atomic mass is 32.1. The molecule has 1 N–H and O–H groups in total. The van der Waals surface area contributed by atoms with Gasteiger partial charge in [-0.25, -0.2) is 0 Å². The van der Waals surface area contributed by atoms with Gasteiger partial charge in [0.05, 0.1) is 0 Å². The zero-order valence-corrected chi connectivity index (χ0v) is 10.9. The van der Waals surface area contributed by atoms with Crippen molar-refractivity contribution in [3.8, 4) is 0 Å². The molecular weight excluding hydrogens is 206 g/mol. The van der Waals surface area contributed by atoms with E-state index in [-0.39, 0.29) is 0 Å². The van der Waals surface area contributed by atoms with Gasteiger partial charge < -0.3 is 5.32 Å². The van der Waals surface area contributed by atoms with Crippen LogP contribution in [0.3, 0.4) is 0 Å². The predicted octanol–water partition coefficient (Wildman–Crippen LogP) is 2.45. The first-order valence-electron chi connectivity index (χ1n) is 5.62. The third-order valence-corrected chi connectivity index (χ3v) is 3.33. The van der Waals surface area contributed by atoms with Gasteiger partial charge in [-0.05, 0) is 12.5 Å². The van der Waals surface area contributed by atoms with Gasteiger partial charge in [0.15, 0.2) is 0 Å². The summed E-state index contributed by atoms with van der Waals surface area (Å²) in [5.41, 5.74) is 0. The Bertz CT molecular complexity index is 281. The maximum atomic E-state index is 4.18. The normalized spacial score (nSPS) is 11.6. The van der Waals surface area contributed by atoms with Crippen molar-refractivity contribution in [3.63, 3.8) is 0 Å². The van der Waals surface area contributed by atoms with E-state index in [2.05, 4.69) is 43.2 Å². The molecule has 0 spiro atoms. The van der Waals surface area contributed by atoms with Gasteiger partial charge in [-0.2, -0.15) is 0 Å². The van der Waals surface area contributed by atoms with Crippen LogP contribution in [0, 0.1) is 5.92 Å². The predicted molar refractivity (Wildman–Crippen MR) is 65.4 cm³/mol. The minimum absolute atomic E-state index is 0.500. The monoisotopic (exact) mass is 227 g/mol. The summed E-state index contributed by atoms with van der Waals surface area (Å²) in [6.45, 7) is 10.8. The SMILES string of the molecule is CC(C)CNCCc1nnc(C(C)C)s1. The Hall–Kier alpha value is -0.480. The second-order valence-electron chi connectivity index (χ2n) is 4.54. The third kappa shape index (κ3) is 4.71. The summed E-state index contributed by atoms with van der Waals surface area (Å²) < 4.78 is 0. The molecule has 1 rings (SSSR count). The summed E-state index contributed by atoms with van der Waals surface area (Å²) in [6, 6.07) is 0. The fraction of sp³-hybridized carbons (Fsp3) is 0.818. The average molecular weight is 227 g/mol. The van der Waals surface area contributed by atoms with Gasteiger partial charge in [-0.3, -0.25) is 0 Å². The molecule has 0 aliphatic heterocycles. The number of hydrogen-bond acceptors (Lipinski definition) is 4. The Kier molecular flexibility index (Phi) is 5.19. The molecule has 0 aromatic carbocycles. The fourth-order valence-electron chi connectivity index (χ4n) is 1.19. The van der Waals surface area contributed by atoms with E-state index < -0.39 is 0 Å². The van der Waals surface area contributed by atoms with Crippen LogP contribution < -0.4 is 5.32 Å². The number of hydrogen-bond donors (Lipinski definition) is 1. The number of aromatic nitrogens is 2. The van der Waals surface area contributed by atoms with E-state index in [4.69, 9.17) is 0 Å². The lowest BCUT2D eigenvalue weighted by atomic mass is 10.2. The van der Waals surface area contributed by atoms with Crippen molar-refractivity contribution in [2.45, 2.75) is 40.0 Å². The van der Waals surface area contributed by atoms with Gasteiger partial charge in [0, 0.05) is 18.9 Å². The maximum absolute atomic E-state index is 4.18. The summed E-state index contributed by atoms with van der Waals surface area (Å²) in [6.07, 6.45) is 0.997. The molecule has 0 fully saturated rings. The van der Waals surface area contributed by atoms with Gasteiger partial charge in [-0.1, -0.05) is 27.7 Å². The molecule has 0 saturated carbocycles. The summed E-state index contributed by atoms with van der Waals surface area (Å²) >= 11 is 1.74. The van der Waals surface area contributed by atoms with Crippen molar-refractivity contribution in [3.05, 3.63) is 10.0 Å². The first kappa shape index (κ1) is 12.6. The van der Waals surface area contributed by atoms with Crippen LogP contribution in [0.1, 0.15) is 43.6 Å². The third-order valence-electron chi connectivity index (χ3n) is 2.04. The molecule has 86 valence electrons. The van der Waals surface area contributed by atoms with Gasteiger partial charge in [0.25, 0.3) is 0 Å². The molecular formula is C11H21N3S. The van der Waals surface area contributed by atoms with Crippen molar-refractivity contribution in [2.75, 3.05) is 13.1 Å². The molecule has 0 aliphatic rings. The molecule has 0 unspecified atom stereocenters. The Labute approximate surface area is 96.3 Å². The standard InChI is InChI=1S/C11H21N3S/c1-8(2)7-12-6-5-10-13-14-11(15-10)9(3)4/h8-9,12H,5-7H2,1-4H3. The van der Waals surface area contributed by atoms with Gasteiger partial charge in [0.2, 0.25) is 0 Å². The van der Waals surface area contributed by atoms with Gasteiger partial charge in [-0.15, -0.1) is 21.5 Å². The summed E-state index contributed by atoms with van der Waals surface area (Å²) in [7, 11) is 0. The molecule has 15 heavy (non-hydrogen) atoms. The summed E-state index contributed by atoms with van der Waals surface area (Å²) in [5.74, 6) is 1.21. The highest BCUT2D eigenvalue weighted by molar-refractivity contribution is 7.11. The molecule has 3 nitrogen and oxygen atoms in total. The molecule has 1 heterocycles. The number of nitrogens with zero attached hydrogens (tertiary/aromatic N) is 2.